The van der Waals surface area contributed by atoms with E-state index in [9.17, 15) is 14.4 Å². The summed E-state index contributed by atoms with van der Waals surface area (Å²) in [6.45, 7) is 1.55. The second kappa shape index (κ2) is 3.93. The Labute approximate surface area is 95.0 Å². The van der Waals surface area contributed by atoms with Crippen LogP contribution in [0.5, 0.6) is 0 Å². The molecule has 0 spiro atoms. The molecule has 7 nitrogen and oxygen atoms in total. The summed E-state index contributed by atoms with van der Waals surface area (Å²) in [5.41, 5.74) is -0.724. The van der Waals surface area contributed by atoms with Gasteiger partial charge in [0, 0.05) is 18.2 Å². The Morgan fingerprint density at radius 2 is 2.29 bits per heavy atom. The van der Waals surface area contributed by atoms with Gasteiger partial charge in [0.15, 0.2) is 6.23 Å². The average molecular weight is 238 g/mol. The first kappa shape index (κ1) is 11.2. The van der Waals surface area contributed by atoms with Crippen LogP contribution in [-0.2, 0) is 9.53 Å². The maximum absolute atomic E-state index is 11.5. The van der Waals surface area contributed by atoms with Gasteiger partial charge in [-0.3, -0.25) is 14.3 Å². The van der Waals surface area contributed by atoms with Crippen molar-refractivity contribution in [2.75, 3.05) is 0 Å². The quantitative estimate of drug-likeness (QED) is 0.738. The number of H-pyrrole nitrogens is 1. The molecule has 0 radical (unpaired) electrons. The molecule has 7 heteroatoms. The van der Waals surface area contributed by atoms with Gasteiger partial charge in [0.2, 0.25) is 5.76 Å². The molecule has 1 aromatic heterocycles. The summed E-state index contributed by atoms with van der Waals surface area (Å²) in [6, 6.07) is 0. The van der Waals surface area contributed by atoms with Crippen LogP contribution in [0.15, 0.2) is 27.6 Å². The van der Waals surface area contributed by atoms with Crippen LogP contribution in [0.3, 0.4) is 0 Å². The lowest BCUT2D eigenvalue weighted by molar-refractivity contribution is -0.137. The summed E-state index contributed by atoms with van der Waals surface area (Å²) >= 11 is 0. The zero-order valence-electron chi connectivity index (χ0n) is 8.97. The number of aliphatic carboxylic acids is 1. The molecule has 17 heavy (non-hydrogen) atoms. The summed E-state index contributed by atoms with van der Waals surface area (Å²) in [4.78, 5) is 35.5. The Hall–Kier alpha value is -2.31. The highest BCUT2D eigenvalue weighted by molar-refractivity contribution is 5.84. The van der Waals surface area contributed by atoms with Crippen molar-refractivity contribution >= 4 is 5.97 Å². The standard InChI is InChI=1S/C10H10N2O5/c1-5-4-12(10(16)11-8(5)13)7-3-2-6(17-7)9(14)15/h2,4,7H,3H2,1H3,(H,14,15)(H,11,13,16)/t7-/m1/s1. The van der Waals surface area contributed by atoms with E-state index in [1.54, 1.807) is 6.92 Å². The summed E-state index contributed by atoms with van der Waals surface area (Å²) in [5, 5.41) is 8.71. The molecule has 0 saturated carbocycles. The molecule has 0 aromatic carbocycles. The first-order valence-corrected chi connectivity index (χ1v) is 4.91. The Bertz CT molecular complexity index is 610. The minimum absolute atomic E-state index is 0.189. The second-order valence-electron chi connectivity index (χ2n) is 3.66. The van der Waals surface area contributed by atoms with Crippen LogP contribution in [-0.4, -0.2) is 20.6 Å². The lowest BCUT2D eigenvalue weighted by Crippen LogP contribution is -2.33. The molecule has 0 aliphatic carbocycles. The molecule has 1 aliphatic rings. The van der Waals surface area contributed by atoms with Gasteiger partial charge in [-0.25, -0.2) is 9.59 Å². The van der Waals surface area contributed by atoms with E-state index in [1.165, 1.54) is 16.8 Å². The van der Waals surface area contributed by atoms with Crippen LogP contribution in [0.2, 0.25) is 0 Å². The molecule has 0 unspecified atom stereocenters. The lowest BCUT2D eigenvalue weighted by Gasteiger charge is -2.14. The normalized spacial score (nSPS) is 18.6. The summed E-state index contributed by atoms with van der Waals surface area (Å²) in [7, 11) is 0. The molecule has 2 N–H and O–H groups in total. The van der Waals surface area contributed by atoms with Crippen molar-refractivity contribution in [3.8, 4) is 0 Å². The molecule has 1 aromatic rings. The van der Waals surface area contributed by atoms with Crippen LogP contribution < -0.4 is 11.2 Å². The third kappa shape index (κ3) is 1.99. The highest BCUT2D eigenvalue weighted by atomic mass is 16.5. The fourth-order valence-electron chi connectivity index (χ4n) is 1.56. The molecule has 1 aliphatic heterocycles. The van der Waals surface area contributed by atoms with Crippen molar-refractivity contribution in [1.29, 1.82) is 0 Å². The van der Waals surface area contributed by atoms with Gasteiger partial charge in [0.25, 0.3) is 5.56 Å². The number of aromatic nitrogens is 2. The molecular formula is C10H10N2O5. The number of hydrogen-bond acceptors (Lipinski definition) is 4. The number of aryl methyl sites for hydroxylation is 1. The van der Waals surface area contributed by atoms with E-state index in [4.69, 9.17) is 9.84 Å². The summed E-state index contributed by atoms with van der Waals surface area (Å²) in [5.74, 6) is -1.37. The SMILES string of the molecule is Cc1cn([C@H]2CC=C(C(=O)O)O2)c(=O)[nH]c1=O. The fourth-order valence-corrected chi connectivity index (χ4v) is 1.56. The van der Waals surface area contributed by atoms with Crippen molar-refractivity contribution in [2.24, 2.45) is 0 Å². The third-order valence-corrected chi connectivity index (χ3v) is 2.43. The Balaban J connectivity index is 2.33. The van der Waals surface area contributed by atoms with Crippen LogP contribution in [0.4, 0.5) is 0 Å². The molecule has 0 saturated heterocycles. The van der Waals surface area contributed by atoms with Gasteiger partial charge in [-0.2, -0.15) is 0 Å². The molecular weight excluding hydrogens is 228 g/mol. The van der Waals surface area contributed by atoms with E-state index in [0.29, 0.717) is 5.56 Å². The number of carboxylic acid groups (broad SMARTS) is 1. The van der Waals surface area contributed by atoms with Gasteiger partial charge in [-0.1, -0.05) is 0 Å². The molecule has 90 valence electrons. The van der Waals surface area contributed by atoms with Crippen molar-refractivity contribution < 1.29 is 14.6 Å². The molecule has 2 heterocycles. The first-order valence-electron chi connectivity index (χ1n) is 4.91. The van der Waals surface area contributed by atoms with E-state index in [1.807, 2.05) is 0 Å². The van der Waals surface area contributed by atoms with E-state index in [-0.39, 0.29) is 12.2 Å². The van der Waals surface area contributed by atoms with E-state index < -0.39 is 23.4 Å². The zero-order chi connectivity index (χ0) is 12.6. The predicted octanol–water partition coefficient (Wildman–Crippen LogP) is -0.268. The van der Waals surface area contributed by atoms with Gasteiger partial charge < -0.3 is 9.84 Å². The molecule has 0 amide bonds. The minimum atomic E-state index is -1.18. The second-order valence-corrected chi connectivity index (χ2v) is 3.66. The number of hydrogen-bond donors (Lipinski definition) is 2. The van der Waals surface area contributed by atoms with Gasteiger partial charge in [0.05, 0.1) is 0 Å². The maximum Gasteiger partial charge on any atom is 0.370 e. The number of aromatic amines is 1. The fraction of sp³-hybridized carbons (Fsp3) is 0.300. The molecule has 0 fully saturated rings. The number of nitrogens with zero attached hydrogens (tertiary/aromatic N) is 1. The van der Waals surface area contributed by atoms with Gasteiger partial charge in [0.1, 0.15) is 0 Å². The smallest absolute Gasteiger partial charge is 0.370 e. The van der Waals surface area contributed by atoms with Crippen LogP contribution >= 0.6 is 0 Å². The topological polar surface area (TPSA) is 101 Å². The van der Waals surface area contributed by atoms with E-state index >= 15 is 0 Å². The van der Waals surface area contributed by atoms with E-state index in [0.717, 1.165) is 0 Å². The van der Waals surface area contributed by atoms with Crippen LogP contribution in [0, 0.1) is 6.92 Å². The Kier molecular flexibility index (Phi) is 2.58. The van der Waals surface area contributed by atoms with Gasteiger partial charge >= 0.3 is 11.7 Å². The zero-order valence-corrected chi connectivity index (χ0v) is 8.97. The number of rotatable bonds is 2. The number of carbonyl (C=O) groups is 1. The number of nitrogens with one attached hydrogen (secondary N) is 1. The minimum Gasteiger partial charge on any atom is -0.475 e. The maximum atomic E-state index is 11.5. The molecule has 0 bridgehead atoms. The van der Waals surface area contributed by atoms with Gasteiger partial charge in [-0.05, 0) is 13.0 Å². The van der Waals surface area contributed by atoms with Crippen LogP contribution in [0.1, 0.15) is 18.2 Å². The summed E-state index contributed by atoms with van der Waals surface area (Å²) in [6.07, 6.45) is 2.29. The highest BCUT2D eigenvalue weighted by Gasteiger charge is 2.25. The highest BCUT2D eigenvalue weighted by Crippen LogP contribution is 2.24. The first-order chi connectivity index (χ1) is 7.99. The average Bonchev–Trinajstić information content (AvgIpc) is 2.72. The Morgan fingerprint density at radius 3 is 2.88 bits per heavy atom. The lowest BCUT2D eigenvalue weighted by atomic mass is 10.3. The van der Waals surface area contributed by atoms with Crippen molar-refractivity contribution in [3.63, 3.8) is 0 Å². The monoisotopic (exact) mass is 238 g/mol. The third-order valence-electron chi connectivity index (χ3n) is 2.43. The Morgan fingerprint density at radius 1 is 1.59 bits per heavy atom. The molecule has 1 atom stereocenters. The molecule has 2 rings (SSSR count). The van der Waals surface area contributed by atoms with Crippen molar-refractivity contribution in [2.45, 2.75) is 19.6 Å². The van der Waals surface area contributed by atoms with Crippen molar-refractivity contribution in [3.05, 3.63) is 44.4 Å². The predicted molar refractivity (Wildman–Crippen MR) is 56.5 cm³/mol. The van der Waals surface area contributed by atoms with E-state index in [2.05, 4.69) is 4.98 Å². The van der Waals surface area contributed by atoms with Gasteiger partial charge in [-0.15, -0.1) is 0 Å². The number of ether oxygens (including phenoxy) is 1. The van der Waals surface area contributed by atoms with Crippen molar-refractivity contribution in [1.82, 2.24) is 9.55 Å². The van der Waals surface area contributed by atoms with Crippen LogP contribution in [0.25, 0.3) is 0 Å². The summed E-state index contributed by atoms with van der Waals surface area (Å²) < 4.78 is 6.26. The number of carboxylic acids is 1. The largest absolute Gasteiger partial charge is 0.475 e.